The number of rotatable bonds is 5. The normalized spacial score (nSPS) is 13.8. The van der Waals surface area contributed by atoms with Gasteiger partial charge in [0.15, 0.2) is 0 Å². The summed E-state index contributed by atoms with van der Waals surface area (Å²) in [6.07, 6.45) is 6.44. The van der Waals surface area contributed by atoms with E-state index in [1.54, 1.807) is 17.1 Å². The van der Waals surface area contributed by atoms with Gasteiger partial charge in [-0.05, 0) is 24.6 Å². The first kappa shape index (κ1) is 18.5. The van der Waals surface area contributed by atoms with Crippen LogP contribution in [0.15, 0.2) is 48.3 Å². The standard InChI is InChI=1S/C17H19ClN4O.ClH/c18-16-4-2-1-3-14(16)11-22-12-15(10-21-22)17(23)20-9-13-5-7-19-8-6-13;/h1-5,10,12,19H,6-9,11H2,(H,20,23);1H. The van der Waals surface area contributed by atoms with Crippen LogP contribution in [0.2, 0.25) is 5.02 Å². The maximum Gasteiger partial charge on any atom is 0.254 e. The largest absolute Gasteiger partial charge is 0.348 e. The van der Waals surface area contributed by atoms with Crippen LogP contribution >= 0.6 is 24.0 Å². The van der Waals surface area contributed by atoms with Gasteiger partial charge < -0.3 is 10.6 Å². The van der Waals surface area contributed by atoms with E-state index in [9.17, 15) is 4.79 Å². The van der Waals surface area contributed by atoms with E-state index < -0.39 is 0 Å². The highest BCUT2D eigenvalue weighted by molar-refractivity contribution is 6.31. The molecule has 128 valence electrons. The number of amides is 1. The number of carbonyl (C=O) groups excluding carboxylic acids is 1. The maximum absolute atomic E-state index is 12.2. The average molecular weight is 367 g/mol. The van der Waals surface area contributed by atoms with Crippen molar-refractivity contribution in [1.82, 2.24) is 20.4 Å². The predicted molar refractivity (Wildman–Crippen MR) is 97.9 cm³/mol. The number of benzene rings is 1. The molecular formula is C17H20Cl2N4O. The Morgan fingerprint density at radius 2 is 2.21 bits per heavy atom. The second-order valence-electron chi connectivity index (χ2n) is 5.52. The Morgan fingerprint density at radius 1 is 1.38 bits per heavy atom. The highest BCUT2D eigenvalue weighted by Crippen LogP contribution is 2.16. The number of hydrogen-bond acceptors (Lipinski definition) is 3. The lowest BCUT2D eigenvalue weighted by Crippen LogP contribution is -2.29. The number of halogens is 2. The first-order valence-electron chi connectivity index (χ1n) is 7.65. The highest BCUT2D eigenvalue weighted by atomic mass is 35.5. The van der Waals surface area contributed by atoms with Gasteiger partial charge in [0.2, 0.25) is 0 Å². The fraction of sp³-hybridized carbons (Fsp3) is 0.294. The van der Waals surface area contributed by atoms with Crippen molar-refractivity contribution in [1.29, 1.82) is 0 Å². The molecule has 1 amide bonds. The average Bonchev–Trinajstić information content (AvgIpc) is 3.04. The van der Waals surface area contributed by atoms with Gasteiger partial charge in [-0.2, -0.15) is 5.10 Å². The van der Waals surface area contributed by atoms with Crippen molar-refractivity contribution in [3.05, 3.63) is 64.5 Å². The van der Waals surface area contributed by atoms with Gasteiger partial charge in [0.1, 0.15) is 0 Å². The van der Waals surface area contributed by atoms with E-state index in [1.807, 2.05) is 24.3 Å². The summed E-state index contributed by atoms with van der Waals surface area (Å²) in [6, 6.07) is 7.63. The third-order valence-electron chi connectivity index (χ3n) is 3.82. The molecule has 0 saturated heterocycles. The molecule has 0 fully saturated rings. The fourth-order valence-electron chi connectivity index (χ4n) is 2.49. The van der Waals surface area contributed by atoms with E-state index >= 15 is 0 Å². The summed E-state index contributed by atoms with van der Waals surface area (Å²) in [7, 11) is 0. The summed E-state index contributed by atoms with van der Waals surface area (Å²) in [5, 5.41) is 11.1. The lowest BCUT2D eigenvalue weighted by atomic mass is 10.1. The van der Waals surface area contributed by atoms with Crippen LogP contribution in [-0.4, -0.2) is 35.3 Å². The van der Waals surface area contributed by atoms with Crippen molar-refractivity contribution in [2.45, 2.75) is 13.0 Å². The van der Waals surface area contributed by atoms with Crippen LogP contribution in [0.5, 0.6) is 0 Å². The van der Waals surface area contributed by atoms with Crippen molar-refractivity contribution in [2.75, 3.05) is 19.6 Å². The van der Waals surface area contributed by atoms with Crippen molar-refractivity contribution in [3.8, 4) is 0 Å². The molecule has 3 rings (SSSR count). The molecule has 2 N–H and O–H groups in total. The van der Waals surface area contributed by atoms with Gasteiger partial charge in [-0.15, -0.1) is 12.4 Å². The van der Waals surface area contributed by atoms with Crippen molar-refractivity contribution < 1.29 is 4.79 Å². The highest BCUT2D eigenvalue weighted by Gasteiger charge is 2.11. The second kappa shape index (κ2) is 8.87. The number of nitrogens with one attached hydrogen (secondary N) is 2. The first-order chi connectivity index (χ1) is 11.2. The van der Waals surface area contributed by atoms with E-state index in [4.69, 9.17) is 11.6 Å². The molecule has 1 aromatic heterocycles. The van der Waals surface area contributed by atoms with Crippen LogP contribution in [0.1, 0.15) is 22.3 Å². The molecule has 1 aliphatic rings. The lowest BCUT2D eigenvalue weighted by molar-refractivity contribution is 0.0956. The number of aromatic nitrogens is 2. The molecule has 0 radical (unpaired) electrons. The Kier molecular flexibility index (Phi) is 6.85. The summed E-state index contributed by atoms with van der Waals surface area (Å²) >= 11 is 6.15. The molecule has 7 heteroatoms. The van der Waals surface area contributed by atoms with E-state index in [1.165, 1.54) is 5.57 Å². The Balaban J connectivity index is 0.00000208. The third kappa shape index (κ3) is 4.84. The van der Waals surface area contributed by atoms with Crippen LogP contribution in [-0.2, 0) is 6.54 Å². The molecule has 0 atom stereocenters. The maximum atomic E-state index is 12.2. The SMILES string of the molecule is Cl.O=C(NCC1=CCNCC1)c1cnn(Cc2ccccc2Cl)c1. The van der Waals surface area contributed by atoms with Gasteiger partial charge >= 0.3 is 0 Å². The van der Waals surface area contributed by atoms with Crippen LogP contribution in [0.25, 0.3) is 0 Å². The van der Waals surface area contributed by atoms with Crippen molar-refractivity contribution >= 4 is 29.9 Å². The minimum absolute atomic E-state index is 0. The zero-order valence-electron chi connectivity index (χ0n) is 13.2. The molecule has 1 aliphatic heterocycles. The van der Waals surface area contributed by atoms with Gasteiger partial charge in [-0.3, -0.25) is 9.48 Å². The molecule has 0 spiro atoms. The van der Waals surface area contributed by atoms with Crippen LogP contribution < -0.4 is 10.6 Å². The zero-order valence-corrected chi connectivity index (χ0v) is 14.7. The van der Waals surface area contributed by atoms with Crippen LogP contribution in [0, 0.1) is 0 Å². The Hall–Kier alpha value is -1.82. The molecular weight excluding hydrogens is 347 g/mol. The van der Waals surface area contributed by atoms with Gasteiger partial charge in [0.05, 0.1) is 18.3 Å². The summed E-state index contributed by atoms with van der Waals surface area (Å²) < 4.78 is 1.72. The molecule has 1 aromatic carbocycles. The van der Waals surface area contributed by atoms with E-state index in [0.717, 1.165) is 25.1 Å². The monoisotopic (exact) mass is 366 g/mol. The quantitative estimate of drug-likeness (QED) is 0.799. The van der Waals surface area contributed by atoms with E-state index in [0.29, 0.717) is 23.7 Å². The molecule has 0 saturated carbocycles. The van der Waals surface area contributed by atoms with Gasteiger partial charge in [-0.25, -0.2) is 0 Å². The molecule has 0 unspecified atom stereocenters. The topological polar surface area (TPSA) is 59.0 Å². The van der Waals surface area contributed by atoms with Crippen LogP contribution in [0.3, 0.4) is 0 Å². The molecule has 24 heavy (non-hydrogen) atoms. The van der Waals surface area contributed by atoms with E-state index in [-0.39, 0.29) is 18.3 Å². The Morgan fingerprint density at radius 3 is 2.96 bits per heavy atom. The number of nitrogens with zero attached hydrogens (tertiary/aromatic N) is 2. The minimum atomic E-state index is -0.102. The molecule has 2 heterocycles. The van der Waals surface area contributed by atoms with Gasteiger partial charge in [0.25, 0.3) is 5.91 Å². The summed E-state index contributed by atoms with van der Waals surface area (Å²) in [5.74, 6) is -0.102. The van der Waals surface area contributed by atoms with Gasteiger partial charge in [0, 0.05) is 24.3 Å². The smallest absolute Gasteiger partial charge is 0.254 e. The second-order valence-corrected chi connectivity index (χ2v) is 5.92. The fourth-order valence-corrected chi connectivity index (χ4v) is 2.69. The predicted octanol–water partition coefficient (Wildman–Crippen LogP) is 2.66. The minimum Gasteiger partial charge on any atom is -0.348 e. The summed E-state index contributed by atoms with van der Waals surface area (Å²) in [6.45, 7) is 2.98. The summed E-state index contributed by atoms with van der Waals surface area (Å²) in [4.78, 5) is 12.2. The van der Waals surface area contributed by atoms with Gasteiger partial charge in [-0.1, -0.05) is 41.4 Å². The Bertz CT molecular complexity index is 727. The molecule has 0 bridgehead atoms. The first-order valence-corrected chi connectivity index (χ1v) is 8.03. The number of carbonyl (C=O) groups is 1. The molecule has 2 aromatic rings. The molecule has 0 aliphatic carbocycles. The zero-order chi connectivity index (χ0) is 16.1. The summed E-state index contributed by atoms with van der Waals surface area (Å²) in [5.41, 5.74) is 2.80. The number of hydrogen-bond donors (Lipinski definition) is 2. The molecule has 5 nitrogen and oxygen atoms in total. The third-order valence-corrected chi connectivity index (χ3v) is 4.19. The van der Waals surface area contributed by atoms with Crippen molar-refractivity contribution in [3.63, 3.8) is 0 Å². The Labute approximate surface area is 152 Å². The lowest BCUT2D eigenvalue weighted by Gasteiger charge is -2.14. The van der Waals surface area contributed by atoms with Crippen molar-refractivity contribution in [2.24, 2.45) is 0 Å². The van der Waals surface area contributed by atoms with E-state index in [2.05, 4.69) is 21.8 Å². The van der Waals surface area contributed by atoms with Crippen LogP contribution in [0.4, 0.5) is 0 Å².